The van der Waals surface area contributed by atoms with Crippen molar-refractivity contribution in [3.8, 4) is 0 Å². The van der Waals surface area contributed by atoms with Crippen molar-refractivity contribution >= 4 is 23.2 Å². The van der Waals surface area contributed by atoms with Crippen molar-refractivity contribution in [2.45, 2.75) is 0 Å². The molecular weight excluding hydrogens is 216 g/mol. The lowest BCUT2D eigenvalue weighted by Crippen LogP contribution is -2.37. The second-order valence-corrected chi connectivity index (χ2v) is 3.55. The minimum Gasteiger partial charge on any atom is -0.343 e. The number of carbonyl (C=O) groups excluding carboxylic acids is 2. The summed E-state index contributed by atoms with van der Waals surface area (Å²) in [5.74, 6) is -0.560. The summed E-state index contributed by atoms with van der Waals surface area (Å²) < 4.78 is 0. The number of nitrogens with one attached hydrogen (secondary N) is 1. The number of hydrogen-bond donors (Lipinski definition) is 1. The fourth-order valence-electron chi connectivity index (χ4n) is 0.865. The molecule has 0 fully saturated rings. The van der Waals surface area contributed by atoms with Gasteiger partial charge >= 0.3 is 0 Å². The van der Waals surface area contributed by atoms with Gasteiger partial charge in [0.1, 0.15) is 0 Å². The lowest BCUT2D eigenvalue weighted by atomic mass is 10.3. The molecule has 5 nitrogen and oxygen atoms in total. The minimum atomic E-state index is -0.305. The number of likely N-dealkylation sites (N-methyl/N-ethyl adjacent to an activating group) is 1. The monoisotopic (exact) mass is 228 g/mol. The SMILES string of the molecule is CON(C)C(=O)CNC(=O)c1ccsc1. The van der Waals surface area contributed by atoms with Gasteiger partial charge in [0.05, 0.1) is 13.7 Å². The number of amides is 2. The van der Waals surface area contributed by atoms with Crippen LogP contribution in [0, 0.1) is 0 Å². The maximum atomic E-state index is 11.4. The van der Waals surface area contributed by atoms with Crippen molar-refractivity contribution in [2.24, 2.45) is 0 Å². The van der Waals surface area contributed by atoms with Gasteiger partial charge in [0, 0.05) is 18.0 Å². The second kappa shape index (κ2) is 5.47. The largest absolute Gasteiger partial charge is 0.343 e. The van der Waals surface area contributed by atoms with E-state index in [2.05, 4.69) is 10.2 Å². The molecule has 0 saturated carbocycles. The zero-order chi connectivity index (χ0) is 11.3. The summed E-state index contributed by atoms with van der Waals surface area (Å²) >= 11 is 1.43. The van der Waals surface area contributed by atoms with Crippen LogP contribution in [-0.4, -0.2) is 37.6 Å². The summed E-state index contributed by atoms with van der Waals surface area (Å²) in [6.07, 6.45) is 0. The lowest BCUT2D eigenvalue weighted by Gasteiger charge is -2.13. The smallest absolute Gasteiger partial charge is 0.265 e. The highest BCUT2D eigenvalue weighted by molar-refractivity contribution is 7.08. The van der Waals surface area contributed by atoms with Gasteiger partial charge in [-0.25, -0.2) is 5.06 Å². The summed E-state index contributed by atoms with van der Waals surface area (Å²) in [7, 11) is 2.87. The van der Waals surface area contributed by atoms with Crippen LogP contribution in [0.1, 0.15) is 10.4 Å². The molecule has 1 aromatic rings. The molecule has 82 valence electrons. The molecular formula is C9H12N2O3S. The topological polar surface area (TPSA) is 58.6 Å². The van der Waals surface area contributed by atoms with Crippen molar-refractivity contribution < 1.29 is 14.4 Å². The first-order chi connectivity index (χ1) is 7.15. The molecule has 0 aromatic carbocycles. The predicted molar refractivity (Wildman–Crippen MR) is 56.4 cm³/mol. The first-order valence-electron chi connectivity index (χ1n) is 4.26. The van der Waals surface area contributed by atoms with Crippen molar-refractivity contribution in [2.75, 3.05) is 20.7 Å². The molecule has 0 aliphatic carbocycles. The van der Waals surface area contributed by atoms with E-state index in [9.17, 15) is 9.59 Å². The highest BCUT2D eigenvalue weighted by atomic mass is 32.1. The summed E-state index contributed by atoms with van der Waals surface area (Å²) in [5, 5.41) is 7.09. The van der Waals surface area contributed by atoms with Crippen LogP contribution < -0.4 is 5.32 Å². The van der Waals surface area contributed by atoms with E-state index < -0.39 is 0 Å². The average Bonchev–Trinajstić information content (AvgIpc) is 2.77. The van der Waals surface area contributed by atoms with Crippen LogP contribution in [0.3, 0.4) is 0 Å². The van der Waals surface area contributed by atoms with E-state index in [1.807, 2.05) is 0 Å². The maximum Gasteiger partial charge on any atom is 0.265 e. The van der Waals surface area contributed by atoms with Crippen LogP contribution in [0.15, 0.2) is 16.8 Å². The van der Waals surface area contributed by atoms with Crippen LogP contribution in [0.5, 0.6) is 0 Å². The molecule has 1 N–H and O–H groups in total. The highest BCUT2D eigenvalue weighted by Crippen LogP contribution is 2.04. The van der Waals surface area contributed by atoms with Gasteiger partial charge < -0.3 is 5.32 Å². The number of hydrogen-bond acceptors (Lipinski definition) is 4. The van der Waals surface area contributed by atoms with Gasteiger partial charge in [0.2, 0.25) is 0 Å². The Morgan fingerprint density at radius 1 is 1.60 bits per heavy atom. The van der Waals surface area contributed by atoms with E-state index in [-0.39, 0.29) is 18.4 Å². The third-order valence-electron chi connectivity index (χ3n) is 1.81. The number of rotatable bonds is 4. The zero-order valence-electron chi connectivity index (χ0n) is 8.52. The van der Waals surface area contributed by atoms with Crippen LogP contribution in [-0.2, 0) is 9.63 Å². The summed E-state index contributed by atoms with van der Waals surface area (Å²) in [6.45, 7) is -0.0704. The van der Waals surface area contributed by atoms with Gasteiger partial charge in [-0.05, 0) is 11.4 Å². The molecule has 1 aromatic heterocycles. The van der Waals surface area contributed by atoms with E-state index in [4.69, 9.17) is 0 Å². The Kier molecular flexibility index (Phi) is 4.26. The Labute approximate surface area is 91.6 Å². The van der Waals surface area contributed by atoms with E-state index in [1.165, 1.54) is 25.5 Å². The third kappa shape index (κ3) is 3.34. The number of hydroxylamine groups is 2. The number of thiophene rings is 1. The quantitative estimate of drug-likeness (QED) is 0.763. The molecule has 0 saturated heterocycles. The molecule has 0 aliphatic rings. The van der Waals surface area contributed by atoms with Crippen molar-refractivity contribution in [1.29, 1.82) is 0 Å². The molecule has 6 heteroatoms. The Bertz CT molecular complexity index is 337. The summed E-state index contributed by atoms with van der Waals surface area (Å²) in [4.78, 5) is 27.3. The van der Waals surface area contributed by atoms with Gasteiger partial charge in [-0.1, -0.05) is 0 Å². The predicted octanol–water partition coefficient (Wildman–Crippen LogP) is 0.498. The summed E-state index contributed by atoms with van der Waals surface area (Å²) in [6, 6.07) is 1.70. The Balaban J connectivity index is 2.38. The van der Waals surface area contributed by atoms with E-state index in [1.54, 1.807) is 16.8 Å². The standard InChI is InChI=1S/C9H12N2O3S/c1-11(14-2)8(12)5-10-9(13)7-3-4-15-6-7/h3-4,6H,5H2,1-2H3,(H,10,13). The van der Waals surface area contributed by atoms with Crippen LogP contribution in [0.25, 0.3) is 0 Å². The van der Waals surface area contributed by atoms with Crippen LogP contribution in [0.2, 0.25) is 0 Å². The average molecular weight is 228 g/mol. The molecule has 0 atom stereocenters. The first-order valence-corrected chi connectivity index (χ1v) is 5.20. The molecule has 0 spiro atoms. The van der Waals surface area contributed by atoms with Gasteiger partial charge in [-0.3, -0.25) is 14.4 Å². The molecule has 1 rings (SSSR count). The second-order valence-electron chi connectivity index (χ2n) is 2.77. The molecule has 0 radical (unpaired) electrons. The number of carbonyl (C=O) groups is 2. The van der Waals surface area contributed by atoms with E-state index in [0.29, 0.717) is 5.56 Å². The molecule has 0 aliphatic heterocycles. The number of nitrogens with zero attached hydrogens (tertiary/aromatic N) is 1. The van der Waals surface area contributed by atoms with Gasteiger partial charge in [0.15, 0.2) is 0 Å². The van der Waals surface area contributed by atoms with E-state index in [0.717, 1.165) is 5.06 Å². The van der Waals surface area contributed by atoms with Gasteiger partial charge in [-0.15, -0.1) is 0 Å². The van der Waals surface area contributed by atoms with Crippen molar-refractivity contribution in [3.63, 3.8) is 0 Å². The normalized spacial score (nSPS) is 9.73. The fourth-order valence-corrected chi connectivity index (χ4v) is 1.50. The first kappa shape index (κ1) is 11.7. The van der Waals surface area contributed by atoms with Gasteiger partial charge in [-0.2, -0.15) is 11.3 Å². The van der Waals surface area contributed by atoms with Crippen molar-refractivity contribution in [3.05, 3.63) is 22.4 Å². The molecule has 15 heavy (non-hydrogen) atoms. The lowest BCUT2D eigenvalue weighted by molar-refractivity contribution is -0.167. The molecule has 0 bridgehead atoms. The molecule has 0 unspecified atom stereocenters. The highest BCUT2D eigenvalue weighted by Gasteiger charge is 2.10. The minimum absolute atomic E-state index is 0.0704. The zero-order valence-corrected chi connectivity index (χ0v) is 9.34. The third-order valence-corrected chi connectivity index (χ3v) is 2.49. The van der Waals surface area contributed by atoms with Crippen molar-refractivity contribution in [1.82, 2.24) is 10.4 Å². The Morgan fingerprint density at radius 2 is 2.33 bits per heavy atom. The maximum absolute atomic E-state index is 11.4. The fraction of sp³-hybridized carbons (Fsp3) is 0.333. The Hall–Kier alpha value is -1.40. The molecule has 1 heterocycles. The van der Waals surface area contributed by atoms with E-state index >= 15 is 0 Å². The summed E-state index contributed by atoms with van der Waals surface area (Å²) in [5.41, 5.74) is 0.563. The van der Waals surface area contributed by atoms with Gasteiger partial charge in [0.25, 0.3) is 11.8 Å². The van der Waals surface area contributed by atoms with Crippen LogP contribution in [0.4, 0.5) is 0 Å². The molecule has 2 amide bonds. The Morgan fingerprint density at radius 3 is 2.87 bits per heavy atom. The van der Waals surface area contributed by atoms with Crippen LogP contribution >= 0.6 is 11.3 Å².